The van der Waals surface area contributed by atoms with Crippen LogP contribution in [0.3, 0.4) is 0 Å². The lowest BCUT2D eigenvalue weighted by atomic mass is 9.97. The molecule has 0 atom stereocenters. The first-order valence-electron chi connectivity index (χ1n) is 8.67. The van der Waals surface area contributed by atoms with Gasteiger partial charge in [-0.2, -0.15) is 0 Å². The minimum Gasteiger partial charge on any atom is -0.368 e. The van der Waals surface area contributed by atoms with Gasteiger partial charge in [0.05, 0.1) is 16.3 Å². The molecule has 144 valence electrons. The summed E-state index contributed by atoms with van der Waals surface area (Å²) < 4.78 is 40.3. The smallest absolute Gasteiger partial charge is 0.244 e. The van der Waals surface area contributed by atoms with Crippen molar-refractivity contribution in [3.63, 3.8) is 0 Å². The molecule has 0 amide bonds. The molecule has 3 aromatic rings. The van der Waals surface area contributed by atoms with Crippen LogP contribution in [0.2, 0.25) is 0 Å². The largest absolute Gasteiger partial charge is 0.368 e. The van der Waals surface area contributed by atoms with Gasteiger partial charge in [0, 0.05) is 0 Å². The molecule has 2 aromatic carbocycles. The Bertz CT molecular complexity index is 1250. The molecule has 0 radical (unpaired) electrons. The van der Waals surface area contributed by atoms with Crippen molar-refractivity contribution in [2.24, 2.45) is 0 Å². The number of halogens is 1. The summed E-state index contributed by atoms with van der Waals surface area (Å²) in [5.74, 6) is 5.21. The number of nitrogen functional groups attached to an aromatic ring is 1. The third kappa shape index (κ3) is 3.51. The van der Waals surface area contributed by atoms with Crippen molar-refractivity contribution in [3.05, 3.63) is 65.5 Å². The molecular weight excluding hydrogens is 377 g/mol. The zero-order valence-electron chi connectivity index (χ0n) is 15.8. The first-order valence-corrected chi connectivity index (χ1v) is 10.2. The van der Waals surface area contributed by atoms with Gasteiger partial charge >= 0.3 is 0 Å². The Balaban J connectivity index is 2.28. The van der Waals surface area contributed by atoms with Crippen molar-refractivity contribution in [1.29, 1.82) is 0 Å². The summed E-state index contributed by atoms with van der Waals surface area (Å²) in [6.45, 7) is 4.87. The fourth-order valence-electron chi connectivity index (χ4n) is 2.85. The second-order valence-corrected chi connectivity index (χ2v) is 8.83. The van der Waals surface area contributed by atoms with E-state index in [9.17, 15) is 12.8 Å². The van der Waals surface area contributed by atoms with E-state index in [0.717, 1.165) is 3.97 Å². The van der Waals surface area contributed by atoms with E-state index in [2.05, 4.69) is 16.8 Å². The number of fused-ring (bicyclic) bond motifs is 1. The van der Waals surface area contributed by atoms with E-state index in [1.54, 1.807) is 57.2 Å². The van der Waals surface area contributed by atoms with Crippen molar-refractivity contribution < 1.29 is 12.8 Å². The molecule has 0 aliphatic rings. The molecular formula is C21H20FN3O2S. The highest BCUT2D eigenvalue weighted by molar-refractivity contribution is 7.90. The summed E-state index contributed by atoms with van der Waals surface area (Å²) in [4.78, 5) is 4.17. The number of hydrogen-bond donors (Lipinski definition) is 1. The first kappa shape index (κ1) is 19.6. The lowest BCUT2D eigenvalue weighted by Crippen LogP contribution is -2.23. The van der Waals surface area contributed by atoms with Crippen molar-refractivity contribution in [2.75, 3.05) is 5.73 Å². The molecule has 0 aliphatic carbocycles. The van der Waals surface area contributed by atoms with Gasteiger partial charge in [-0.3, -0.25) is 0 Å². The zero-order chi connectivity index (χ0) is 20.5. The van der Waals surface area contributed by atoms with E-state index in [1.165, 1.54) is 12.1 Å². The third-order valence-corrected chi connectivity index (χ3v) is 6.38. The first-order chi connectivity index (χ1) is 13.3. The Kier molecular flexibility index (Phi) is 5.25. The Labute approximate surface area is 163 Å². The number of aromatic nitrogens is 2. The molecule has 0 unspecified atom stereocenters. The molecule has 2 N–H and O–H groups in total. The molecule has 0 aliphatic heterocycles. The Morgan fingerprint density at radius 1 is 1.21 bits per heavy atom. The standard InChI is InChI=1S/C21H20FN3O2S/c1-4-5-9-18(15-7-6-8-17(22)12-15)16-10-11-19-20(13-16)25(21(23)24-19)28(26,27)14(2)3/h6-14H,1-3H3,(H2,23,24)/b18-9+. The van der Waals surface area contributed by atoms with Gasteiger partial charge in [-0.05, 0) is 67.8 Å². The molecule has 3 rings (SSSR count). The Hall–Kier alpha value is -3.11. The average Bonchev–Trinajstić information content (AvgIpc) is 2.97. The van der Waals surface area contributed by atoms with Gasteiger partial charge < -0.3 is 5.73 Å². The van der Waals surface area contributed by atoms with Crippen LogP contribution >= 0.6 is 0 Å². The third-order valence-electron chi connectivity index (χ3n) is 4.29. The molecule has 1 aromatic heterocycles. The Morgan fingerprint density at radius 3 is 2.57 bits per heavy atom. The summed E-state index contributed by atoms with van der Waals surface area (Å²) in [6.07, 6.45) is 1.68. The molecule has 0 saturated heterocycles. The van der Waals surface area contributed by atoms with Crippen molar-refractivity contribution >= 4 is 32.6 Å². The maximum absolute atomic E-state index is 13.8. The second kappa shape index (κ2) is 7.49. The van der Waals surface area contributed by atoms with Crippen LogP contribution < -0.4 is 5.73 Å². The number of anilines is 1. The van der Waals surface area contributed by atoms with Gasteiger partial charge in [0.2, 0.25) is 16.0 Å². The maximum Gasteiger partial charge on any atom is 0.244 e. The van der Waals surface area contributed by atoms with Gasteiger partial charge in [-0.25, -0.2) is 21.8 Å². The quantitative estimate of drug-likeness (QED) is 0.679. The van der Waals surface area contributed by atoms with E-state index in [4.69, 9.17) is 5.73 Å². The van der Waals surface area contributed by atoms with Gasteiger partial charge in [0.1, 0.15) is 5.82 Å². The average molecular weight is 397 g/mol. The molecule has 7 heteroatoms. The molecule has 28 heavy (non-hydrogen) atoms. The van der Waals surface area contributed by atoms with E-state index in [0.29, 0.717) is 27.7 Å². The van der Waals surface area contributed by atoms with Crippen LogP contribution in [-0.4, -0.2) is 22.6 Å². The van der Waals surface area contributed by atoms with Crippen LogP contribution in [0.1, 0.15) is 31.9 Å². The second-order valence-electron chi connectivity index (χ2n) is 6.49. The number of rotatable bonds is 4. The number of hydrogen-bond acceptors (Lipinski definition) is 4. The summed E-state index contributed by atoms with van der Waals surface area (Å²) >= 11 is 0. The summed E-state index contributed by atoms with van der Waals surface area (Å²) in [5, 5.41) is -0.667. The van der Waals surface area contributed by atoms with Crippen LogP contribution in [-0.2, 0) is 10.0 Å². The predicted octanol–water partition coefficient (Wildman–Crippen LogP) is 3.80. The summed E-state index contributed by atoms with van der Waals surface area (Å²) in [5.41, 5.74) is 8.72. The molecule has 0 spiro atoms. The fourth-order valence-corrected chi connectivity index (χ4v) is 4.00. The molecule has 0 saturated carbocycles. The monoisotopic (exact) mass is 397 g/mol. The van der Waals surface area contributed by atoms with Crippen LogP contribution in [0.25, 0.3) is 16.6 Å². The highest BCUT2D eigenvalue weighted by atomic mass is 32.2. The number of allylic oxidation sites excluding steroid dienone is 1. The predicted molar refractivity (Wildman–Crippen MR) is 111 cm³/mol. The number of imidazole rings is 1. The lowest BCUT2D eigenvalue weighted by molar-refractivity contribution is 0.580. The zero-order valence-corrected chi connectivity index (χ0v) is 16.6. The van der Waals surface area contributed by atoms with Gasteiger partial charge in [-0.15, -0.1) is 5.92 Å². The van der Waals surface area contributed by atoms with Crippen LogP contribution in [0.15, 0.2) is 48.5 Å². The van der Waals surface area contributed by atoms with Crippen LogP contribution in [0.4, 0.5) is 10.3 Å². The van der Waals surface area contributed by atoms with Gasteiger partial charge in [0.15, 0.2) is 0 Å². The fraction of sp³-hybridized carbons (Fsp3) is 0.190. The number of nitrogens with two attached hydrogens (primary N) is 1. The van der Waals surface area contributed by atoms with E-state index >= 15 is 0 Å². The van der Waals surface area contributed by atoms with Crippen molar-refractivity contribution in [2.45, 2.75) is 26.0 Å². The highest BCUT2D eigenvalue weighted by Crippen LogP contribution is 2.29. The molecule has 0 bridgehead atoms. The topological polar surface area (TPSA) is 78.0 Å². The van der Waals surface area contributed by atoms with Crippen molar-refractivity contribution in [1.82, 2.24) is 8.96 Å². The SMILES string of the molecule is CC#C/C=C(\c1cccc(F)c1)c1ccc2nc(N)n(S(=O)(=O)C(C)C)c2c1. The normalized spacial score (nSPS) is 12.2. The van der Waals surface area contributed by atoms with E-state index < -0.39 is 15.3 Å². The number of benzene rings is 2. The minimum atomic E-state index is -3.70. The van der Waals surface area contributed by atoms with Gasteiger partial charge in [-0.1, -0.05) is 24.1 Å². The van der Waals surface area contributed by atoms with Gasteiger partial charge in [0.25, 0.3) is 0 Å². The van der Waals surface area contributed by atoms with E-state index in [-0.39, 0.29) is 11.8 Å². The van der Waals surface area contributed by atoms with Crippen LogP contribution in [0, 0.1) is 17.7 Å². The summed E-state index contributed by atoms with van der Waals surface area (Å²) in [6, 6.07) is 11.3. The highest BCUT2D eigenvalue weighted by Gasteiger charge is 2.24. The lowest BCUT2D eigenvalue weighted by Gasteiger charge is -2.12. The number of nitrogens with zero attached hydrogens (tertiary/aromatic N) is 2. The molecule has 0 fully saturated rings. The summed E-state index contributed by atoms with van der Waals surface area (Å²) in [7, 11) is -3.70. The molecule has 1 heterocycles. The minimum absolute atomic E-state index is 0.0921. The Morgan fingerprint density at radius 2 is 1.93 bits per heavy atom. The van der Waals surface area contributed by atoms with Crippen LogP contribution in [0.5, 0.6) is 0 Å². The molecule has 5 nitrogen and oxygen atoms in total. The maximum atomic E-state index is 13.8. The van der Waals surface area contributed by atoms with E-state index in [1.807, 2.05) is 0 Å². The van der Waals surface area contributed by atoms with Crippen molar-refractivity contribution in [3.8, 4) is 11.8 Å².